The van der Waals surface area contributed by atoms with Gasteiger partial charge in [-0.25, -0.2) is 0 Å². The molecule has 1 unspecified atom stereocenters. The normalized spacial score (nSPS) is 11.9. The van der Waals surface area contributed by atoms with E-state index in [2.05, 4.69) is 10.6 Å². The Morgan fingerprint density at radius 3 is 2.94 bits per heavy atom. The number of carbonyl (C=O) groups is 1. The number of anilines is 1. The SMILES string of the molecule is COc1cccc(NC(=O)CNCCC(C)O)c1. The lowest BCUT2D eigenvalue weighted by atomic mass is 10.3. The van der Waals surface area contributed by atoms with Crippen LogP contribution in [-0.2, 0) is 4.79 Å². The molecule has 0 saturated heterocycles. The molecule has 0 radical (unpaired) electrons. The minimum atomic E-state index is -0.348. The van der Waals surface area contributed by atoms with E-state index in [4.69, 9.17) is 9.84 Å². The van der Waals surface area contributed by atoms with Crippen molar-refractivity contribution in [3.63, 3.8) is 0 Å². The van der Waals surface area contributed by atoms with Crippen molar-refractivity contribution >= 4 is 11.6 Å². The minimum absolute atomic E-state index is 0.117. The Hall–Kier alpha value is -1.59. The molecular formula is C13H20N2O3. The van der Waals surface area contributed by atoms with E-state index >= 15 is 0 Å². The fourth-order valence-corrected chi connectivity index (χ4v) is 1.42. The van der Waals surface area contributed by atoms with Crippen LogP contribution in [0.3, 0.4) is 0 Å². The van der Waals surface area contributed by atoms with E-state index in [1.165, 1.54) is 0 Å². The van der Waals surface area contributed by atoms with Crippen molar-refractivity contribution in [3.05, 3.63) is 24.3 Å². The zero-order chi connectivity index (χ0) is 13.4. The number of hydrogen-bond donors (Lipinski definition) is 3. The van der Waals surface area contributed by atoms with E-state index < -0.39 is 0 Å². The van der Waals surface area contributed by atoms with Gasteiger partial charge in [-0.3, -0.25) is 4.79 Å². The molecule has 5 heteroatoms. The lowest BCUT2D eigenvalue weighted by molar-refractivity contribution is -0.115. The van der Waals surface area contributed by atoms with Gasteiger partial charge in [-0.05, 0) is 32.0 Å². The highest BCUT2D eigenvalue weighted by atomic mass is 16.5. The molecule has 0 spiro atoms. The Bertz CT molecular complexity index is 380. The molecular weight excluding hydrogens is 232 g/mol. The van der Waals surface area contributed by atoms with Crippen LogP contribution in [-0.4, -0.2) is 37.3 Å². The van der Waals surface area contributed by atoms with Gasteiger partial charge >= 0.3 is 0 Å². The molecule has 0 aliphatic heterocycles. The third-order valence-electron chi connectivity index (χ3n) is 2.38. The second kappa shape index (κ2) is 7.68. The fraction of sp³-hybridized carbons (Fsp3) is 0.462. The molecule has 0 bridgehead atoms. The molecule has 1 aromatic carbocycles. The highest BCUT2D eigenvalue weighted by molar-refractivity contribution is 5.92. The number of carbonyl (C=O) groups excluding carboxylic acids is 1. The number of nitrogens with one attached hydrogen (secondary N) is 2. The Morgan fingerprint density at radius 2 is 2.28 bits per heavy atom. The monoisotopic (exact) mass is 252 g/mol. The number of amides is 1. The zero-order valence-electron chi connectivity index (χ0n) is 10.8. The van der Waals surface area contributed by atoms with E-state index in [0.717, 1.165) is 0 Å². The van der Waals surface area contributed by atoms with Gasteiger partial charge in [-0.15, -0.1) is 0 Å². The third kappa shape index (κ3) is 5.65. The average molecular weight is 252 g/mol. The summed E-state index contributed by atoms with van der Waals surface area (Å²) in [5.74, 6) is 0.587. The topological polar surface area (TPSA) is 70.6 Å². The molecule has 5 nitrogen and oxygen atoms in total. The Morgan fingerprint density at radius 1 is 1.50 bits per heavy atom. The third-order valence-corrected chi connectivity index (χ3v) is 2.38. The van der Waals surface area contributed by atoms with Crippen molar-refractivity contribution < 1.29 is 14.6 Å². The maximum Gasteiger partial charge on any atom is 0.238 e. The predicted octanol–water partition coefficient (Wildman–Crippen LogP) is 0.994. The second-order valence-electron chi connectivity index (χ2n) is 4.09. The van der Waals surface area contributed by atoms with Crippen molar-refractivity contribution in [1.82, 2.24) is 5.32 Å². The number of ether oxygens (including phenoxy) is 1. The molecule has 0 fully saturated rings. The first-order valence-electron chi connectivity index (χ1n) is 5.94. The summed E-state index contributed by atoms with van der Waals surface area (Å²) >= 11 is 0. The van der Waals surface area contributed by atoms with Crippen molar-refractivity contribution in [1.29, 1.82) is 0 Å². The van der Waals surface area contributed by atoms with E-state index in [-0.39, 0.29) is 18.6 Å². The van der Waals surface area contributed by atoms with Crippen LogP contribution in [0, 0.1) is 0 Å². The van der Waals surface area contributed by atoms with Gasteiger partial charge in [0.2, 0.25) is 5.91 Å². The first-order chi connectivity index (χ1) is 8.61. The maximum atomic E-state index is 11.6. The Kier molecular flexibility index (Phi) is 6.18. The van der Waals surface area contributed by atoms with Crippen molar-refractivity contribution in [3.8, 4) is 5.75 Å². The molecule has 1 rings (SSSR count). The summed E-state index contributed by atoms with van der Waals surface area (Å²) in [5, 5.41) is 14.8. The summed E-state index contributed by atoms with van der Waals surface area (Å²) in [5.41, 5.74) is 0.705. The van der Waals surface area contributed by atoms with Crippen molar-refractivity contribution in [2.75, 3.05) is 25.5 Å². The van der Waals surface area contributed by atoms with Gasteiger partial charge in [-0.2, -0.15) is 0 Å². The number of aliphatic hydroxyl groups is 1. The lowest BCUT2D eigenvalue weighted by Gasteiger charge is -2.08. The van der Waals surface area contributed by atoms with E-state index in [0.29, 0.717) is 24.4 Å². The number of hydrogen-bond acceptors (Lipinski definition) is 4. The second-order valence-corrected chi connectivity index (χ2v) is 4.09. The molecule has 0 heterocycles. The zero-order valence-corrected chi connectivity index (χ0v) is 10.8. The van der Waals surface area contributed by atoms with E-state index in [9.17, 15) is 4.79 Å². The van der Waals surface area contributed by atoms with Gasteiger partial charge in [0.25, 0.3) is 0 Å². The summed E-state index contributed by atoms with van der Waals surface area (Å²) in [6, 6.07) is 7.19. The Balaban J connectivity index is 2.30. The van der Waals surface area contributed by atoms with Gasteiger partial charge in [0.05, 0.1) is 19.8 Å². The molecule has 1 amide bonds. The van der Waals surface area contributed by atoms with Crippen LogP contribution >= 0.6 is 0 Å². The molecule has 3 N–H and O–H groups in total. The molecule has 0 aliphatic rings. The van der Waals surface area contributed by atoms with Crippen molar-refractivity contribution in [2.24, 2.45) is 0 Å². The number of benzene rings is 1. The van der Waals surface area contributed by atoms with Crippen LogP contribution in [0.1, 0.15) is 13.3 Å². The van der Waals surface area contributed by atoms with Crippen LogP contribution in [0.15, 0.2) is 24.3 Å². The summed E-state index contributed by atoms with van der Waals surface area (Å²) in [4.78, 5) is 11.6. The molecule has 18 heavy (non-hydrogen) atoms. The quantitative estimate of drug-likeness (QED) is 0.633. The summed E-state index contributed by atoms with van der Waals surface area (Å²) in [6.07, 6.45) is 0.283. The van der Waals surface area contributed by atoms with Crippen LogP contribution < -0.4 is 15.4 Å². The fourth-order valence-electron chi connectivity index (χ4n) is 1.42. The van der Waals surface area contributed by atoms with Gasteiger partial charge < -0.3 is 20.5 Å². The molecule has 0 saturated carbocycles. The highest BCUT2D eigenvalue weighted by Gasteiger charge is 2.03. The molecule has 1 aromatic rings. The summed E-state index contributed by atoms with van der Waals surface area (Å²) in [7, 11) is 1.58. The molecule has 0 aliphatic carbocycles. The standard InChI is InChI=1S/C13H20N2O3/c1-10(16)6-7-14-9-13(17)15-11-4-3-5-12(8-11)18-2/h3-5,8,10,14,16H,6-7,9H2,1-2H3,(H,15,17). The maximum absolute atomic E-state index is 11.6. The number of aliphatic hydroxyl groups excluding tert-OH is 1. The summed E-state index contributed by atoms with van der Waals surface area (Å²) in [6.45, 7) is 2.56. The lowest BCUT2D eigenvalue weighted by Crippen LogP contribution is -2.29. The first kappa shape index (κ1) is 14.5. The van der Waals surface area contributed by atoms with Crippen LogP contribution in [0.5, 0.6) is 5.75 Å². The van der Waals surface area contributed by atoms with Gasteiger partial charge in [0.1, 0.15) is 5.75 Å². The number of rotatable bonds is 7. The molecule has 100 valence electrons. The van der Waals surface area contributed by atoms with Crippen molar-refractivity contribution in [2.45, 2.75) is 19.4 Å². The minimum Gasteiger partial charge on any atom is -0.497 e. The largest absolute Gasteiger partial charge is 0.497 e. The Labute approximate surface area is 107 Å². The predicted molar refractivity (Wildman–Crippen MR) is 70.8 cm³/mol. The highest BCUT2D eigenvalue weighted by Crippen LogP contribution is 2.16. The van der Waals surface area contributed by atoms with Gasteiger partial charge in [-0.1, -0.05) is 6.07 Å². The summed E-state index contributed by atoms with van der Waals surface area (Å²) < 4.78 is 5.07. The van der Waals surface area contributed by atoms with Gasteiger partial charge in [0.15, 0.2) is 0 Å². The van der Waals surface area contributed by atoms with Gasteiger partial charge in [0, 0.05) is 11.8 Å². The van der Waals surface area contributed by atoms with Crippen LogP contribution in [0.25, 0.3) is 0 Å². The average Bonchev–Trinajstić information content (AvgIpc) is 2.34. The van der Waals surface area contributed by atoms with E-state index in [1.54, 1.807) is 26.2 Å². The smallest absolute Gasteiger partial charge is 0.238 e. The number of methoxy groups -OCH3 is 1. The van der Waals surface area contributed by atoms with Crippen LogP contribution in [0.2, 0.25) is 0 Å². The molecule has 0 aromatic heterocycles. The first-order valence-corrected chi connectivity index (χ1v) is 5.94. The molecule has 1 atom stereocenters. The van der Waals surface area contributed by atoms with Crippen LogP contribution in [0.4, 0.5) is 5.69 Å². The van der Waals surface area contributed by atoms with E-state index in [1.807, 2.05) is 12.1 Å².